The molecule has 196 valence electrons. The molecule has 2 heterocycles. The lowest BCUT2D eigenvalue weighted by molar-refractivity contribution is 1.31. The van der Waals surface area contributed by atoms with Crippen LogP contribution in [0.4, 0.5) is 0 Å². The van der Waals surface area contributed by atoms with Gasteiger partial charge < -0.3 is 0 Å². The Kier molecular flexibility index (Phi) is 5.20. The van der Waals surface area contributed by atoms with E-state index in [1.165, 1.54) is 59.1 Å². The molecule has 2 aromatic heterocycles. The molecule has 0 N–H and O–H groups in total. The number of imidazole rings is 1. The number of nitrogens with zero attached hydrogens (tertiary/aromatic N) is 2. The third-order valence-corrected chi connectivity index (χ3v) is 10.9. The molecule has 0 saturated carbocycles. The van der Waals surface area contributed by atoms with Crippen molar-refractivity contribution in [2.45, 2.75) is 0 Å². The Morgan fingerprint density at radius 1 is 0.405 bits per heavy atom. The smallest absolute Gasteiger partial charge is 0.146 e. The summed E-state index contributed by atoms with van der Waals surface area (Å²) in [5, 5.41) is 12.7. The van der Waals surface area contributed by atoms with E-state index in [4.69, 9.17) is 4.98 Å². The van der Waals surface area contributed by atoms with Crippen molar-refractivity contribution < 1.29 is 0 Å². The highest BCUT2D eigenvalue weighted by molar-refractivity contribution is 7.79. The van der Waals surface area contributed by atoms with E-state index in [0.29, 0.717) is 0 Å². The molecule has 0 atom stereocenters. The van der Waals surface area contributed by atoms with Crippen molar-refractivity contribution in [3.05, 3.63) is 152 Å². The molecule has 0 bridgehead atoms. The Hall–Kier alpha value is -5.04. The molecule has 9 rings (SSSR count). The lowest BCUT2D eigenvalue weighted by atomic mass is 10.1. The number of benzene rings is 7. The molecule has 3 heteroatoms. The normalized spacial score (nSPS) is 12.0. The molecule has 9 aromatic rings. The Balaban J connectivity index is 1.32. The number of hydrogen-bond donors (Lipinski definition) is 0. The summed E-state index contributed by atoms with van der Waals surface area (Å²) in [6.45, 7) is 0. The highest BCUT2D eigenvalue weighted by atomic mass is 31.1. The van der Waals surface area contributed by atoms with Crippen LogP contribution < -0.4 is 15.9 Å². The second-order valence-electron chi connectivity index (χ2n) is 10.9. The van der Waals surface area contributed by atoms with Gasteiger partial charge in [-0.05, 0) is 81.1 Å². The second kappa shape index (κ2) is 9.24. The average molecular weight is 553 g/mol. The molecule has 0 aliphatic heterocycles. The lowest BCUT2D eigenvalue weighted by Crippen LogP contribution is -2.20. The van der Waals surface area contributed by atoms with E-state index in [0.717, 1.165) is 16.7 Å². The van der Waals surface area contributed by atoms with Crippen LogP contribution in [0.2, 0.25) is 0 Å². The van der Waals surface area contributed by atoms with Crippen LogP contribution in [0.1, 0.15) is 0 Å². The molecule has 0 spiro atoms. The highest BCUT2D eigenvalue weighted by Gasteiger charge is 2.20. The van der Waals surface area contributed by atoms with Gasteiger partial charge in [-0.1, -0.05) is 121 Å². The van der Waals surface area contributed by atoms with Crippen molar-refractivity contribution >= 4 is 83.7 Å². The lowest BCUT2D eigenvalue weighted by Gasteiger charge is -2.20. The fourth-order valence-corrected chi connectivity index (χ4v) is 8.87. The SMILES string of the molecule is c1ccc2cc(P(c3ccc4ccccc4c3)c3ccc4c(c3)nc3c5ccccc5c5ccccc5n43)ccc2c1. The Morgan fingerprint density at radius 2 is 0.929 bits per heavy atom. The molecule has 42 heavy (non-hydrogen) atoms. The molecule has 0 amide bonds. The molecule has 7 aromatic carbocycles. The predicted octanol–water partition coefficient (Wildman–Crippen LogP) is 8.86. The zero-order valence-corrected chi connectivity index (χ0v) is 23.7. The van der Waals surface area contributed by atoms with Gasteiger partial charge in [0.05, 0.1) is 16.6 Å². The number of aromatic nitrogens is 2. The summed E-state index contributed by atoms with van der Waals surface area (Å²) < 4.78 is 2.34. The summed E-state index contributed by atoms with van der Waals surface area (Å²) in [5.74, 6) is 0. The van der Waals surface area contributed by atoms with Gasteiger partial charge >= 0.3 is 0 Å². The monoisotopic (exact) mass is 552 g/mol. The summed E-state index contributed by atoms with van der Waals surface area (Å²) in [7, 11) is -0.813. The minimum atomic E-state index is -0.813. The first-order valence-electron chi connectivity index (χ1n) is 14.3. The first kappa shape index (κ1) is 23.6. The summed E-state index contributed by atoms with van der Waals surface area (Å²) in [5.41, 5.74) is 4.37. The van der Waals surface area contributed by atoms with Crippen LogP contribution in [0.5, 0.6) is 0 Å². The molecule has 2 nitrogen and oxygen atoms in total. The quantitative estimate of drug-likeness (QED) is 0.158. The molecule has 0 aliphatic rings. The molecular formula is C39H25N2P. The average Bonchev–Trinajstić information content (AvgIpc) is 3.44. The standard InChI is InChI=1S/C39H25N2P/c1-3-11-28-23-30(19-17-26(28)9-1)42(31-20-18-27-10-2-4-12-29(27)24-31)32-21-22-38-36(25-32)40-39-35-15-6-5-13-33(35)34-14-7-8-16-37(34)41(38)39/h1-25H. The van der Waals surface area contributed by atoms with Gasteiger partial charge in [0, 0.05) is 10.8 Å². The van der Waals surface area contributed by atoms with Gasteiger partial charge in [0.25, 0.3) is 0 Å². The fraction of sp³-hybridized carbons (Fsp3) is 0. The van der Waals surface area contributed by atoms with Gasteiger partial charge in [-0.25, -0.2) is 4.98 Å². The number of pyridine rings is 1. The van der Waals surface area contributed by atoms with Gasteiger partial charge in [0.15, 0.2) is 0 Å². The van der Waals surface area contributed by atoms with Crippen LogP contribution in [0.15, 0.2) is 152 Å². The van der Waals surface area contributed by atoms with Crippen LogP contribution in [0.3, 0.4) is 0 Å². The van der Waals surface area contributed by atoms with Gasteiger partial charge in [-0.15, -0.1) is 0 Å². The summed E-state index contributed by atoms with van der Waals surface area (Å²) >= 11 is 0. The predicted molar refractivity (Wildman–Crippen MR) is 181 cm³/mol. The molecule has 0 radical (unpaired) electrons. The number of hydrogen-bond acceptors (Lipinski definition) is 1. The summed E-state index contributed by atoms with van der Waals surface area (Å²) in [6, 6.07) is 55.5. The third-order valence-electron chi connectivity index (χ3n) is 8.48. The topological polar surface area (TPSA) is 17.3 Å². The molecule has 0 fully saturated rings. The van der Waals surface area contributed by atoms with Crippen molar-refractivity contribution in [1.29, 1.82) is 0 Å². The van der Waals surface area contributed by atoms with E-state index in [1.54, 1.807) is 0 Å². The molecule has 0 saturated heterocycles. The van der Waals surface area contributed by atoms with E-state index in [2.05, 4.69) is 156 Å². The van der Waals surface area contributed by atoms with Crippen molar-refractivity contribution in [2.24, 2.45) is 0 Å². The first-order chi connectivity index (χ1) is 20.8. The Bertz CT molecular complexity index is 2410. The molecule has 0 unspecified atom stereocenters. The van der Waals surface area contributed by atoms with E-state index < -0.39 is 7.92 Å². The van der Waals surface area contributed by atoms with Gasteiger partial charge in [0.1, 0.15) is 5.65 Å². The summed E-state index contributed by atoms with van der Waals surface area (Å²) in [6.07, 6.45) is 0. The van der Waals surface area contributed by atoms with Crippen LogP contribution in [0.25, 0.3) is 59.9 Å². The number of fused-ring (bicyclic) bond motifs is 10. The fourth-order valence-electron chi connectivity index (χ4n) is 6.52. The largest absolute Gasteiger partial charge is 0.292 e. The van der Waals surface area contributed by atoms with Crippen molar-refractivity contribution in [3.8, 4) is 0 Å². The van der Waals surface area contributed by atoms with Crippen molar-refractivity contribution in [3.63, 3.8) is 0 Å². The summed E-state index contributed by atoms with van der Waals surface area (Å²) in [4.78, 5) is 5.30. The second-order valence-corrected chi connectivity index (χ2v) is 13.1. The maximum Gasteiger partial charge on any atom is 0.146 e. The van der Waals surface area contributed by atoms with Crippen LogP contribution in [-0.4, -0.2) is 9.38 Å². The minimum Gasteiger partial charge on any atom is -0.292 e. The number of rotatable bonds is 3. The zero-order valence-electron chi connectivity index (χ0n) is 22.8. The maximum absolute atomic E-state index is 5.30. The van der Waals surface area contributed by atoms with Crippen molar-refractivity contribution in [2.75, 3.05) is 0 Å². The first-order valence-corrected chi connectivity index (χ1v) is 15.7. The Labute approximate surface area is 244 Å². The van der Waals surface area contributed by atoms with E-state index >= 15 is 0 Å². The van der Waals surface area contributed by atoms with E-state index in [9.17, 15) is 0 Å². The van der Waals surface area contributed by atoms with Crippen LogP contribution in [-0.2, 0) is 0 Å². The van der Waals surface area contributed by atoms with Crippen molar-refractivity contribution in [1.82, 2.24) is 9.38 Å². The van der Waals surface area contributed by atoms with Gasteiger partial charge in [0.2, 0.25) is 0 Å². The maximum atomic E-state index is 5.30. The highest BCUT2D eigenvalue weighted by Crippen LogP contribution is 2.37. The minimum absolute atomic E-state index is 0.813. The third kappa shape index (κ3) is 3.59. The zero-order chi connectivity index (χ0) is 27.6. The van der Waals surface area contributed by atoms with Gasteiger partial charge in [-0.2, -0.15) is 0 Å². The molecule has 0 aliphatic carbocycles. The Morgan fingerprint density at radius 3 is 1.62 bits per heavy atom. The van der Waals surface area contributed by atoms with E-state index in [-0.39, 0.29) is 0 Å². The van der Waals surface area contributed by atoms with Gasteiger partial charge in [-0.3, -0.25) is 4.40 Å². The van der Waals surface area contributed by atoms with Crippen LogP contribution in [0, 0.1) is 0 Å². The van der Waals surface area contributed by atoms with Crippen LogP contribution >= 0.6 is 7.92 Å². The number of para-hydroxylation sites is 1. The van der Waals surface area contributed by atoms with E-state index in [1.807, 2.05) is 0 Å². The molecular weight excluding hydrogens is 527 g/mol.